The van der Waals surface area contributed by atoms with Gasteiger partial charge in [0.15, 0.2) is 9.84 Å². The molecule has 0 aromatic carbocycles. The summed E-state index contributed by atoms with van der Waals surface area (Å²) >= 11 is 0. The number of hydrogen-bond donors (Lipinski definition) is 1. The highest BCUT2D eigenvalue weighted by Crippen LogP contribution is 2.15. The SMILES string of the molecule is CC1CCN(CC(=O)NC2CCS(=O)(=O)C2)CC1. The van der Waals surface area contributed by atoms with E-state index >= 15 is 0 Å². The second-order valence-corrected chi connectivity index (χ2v) is 7.85. The highest BCUT2D eigenvalue weighted by molar-refractivity contribution is 7.91. The number of nitrogens with one attached hydrogen (secondary N) is 1. The zero-order valence-electron chi connectivity index (χ0n) is 10.9. The van der Waals surface area contributed by atoms with E-state index < -0.39 is 9.84 Å². The van der Waals surface area contributed by atoms with Gasteiger partial charge in [-0.15, -0.1) is 0 Å². The van der Waals surface area contributed by atoms with Crippen molar-refractivity contribution >= 4 is 15.7 Å². The molecule has 2 fully saturated rings. The predicted octanol–water partition coefficient (Wildman–Crippen LogP) is 0.0216. The van der Waals surface area contributed by atoms with Crippen LogP contribution in [0.15, 0.2) is 0 Å². The van der Waals surface area contributed by atoms with E-state index in [1.165, 1.54) is 0 Å². The first-order valence-electron chi connectivity index (χ1n) is 6.67. The number of nitrogens with zero attached hydrogens (tertiary/aromatic N) is 1. The molecule has 0 saturated carbocycles. The minimum atomic E-state index is -2.91. The summed E-state index contributed by atoms with van der Waals surface area (Å²) in [6, 6.07) is -0.175. The molecule has 0 aliphatic carbocycles. The van der Waals surface area contributed by atoms with Gasteiger partial charge in [0.1, 0.15) is 0 Å². The molecule has 1 N–H and O–H groups in total. The highest BCUT2D eigenvalue weighted by Gasteiger charge is 2.29. The van der Waals surface area contributed by atoms with Crippen LogP contribution in [0.3, 0.4) is 0 Å². The van der Waals surface area contributed by atoms with Gasteiger partial charge < -0.3 is 5.32 Å². The topological polar surface area (TPSA) is 66.5 Å². The van der Waals surface area contributed by atoms with E-state index in [9.17, 15) is 13.2 Å². The van der Waals surface area contributed by atoms with Crippen molar-refractivity contribution in [3.8, 4) is 0 Å². The summed E-state index contributed by atoms with van der Waals surface area (Å²) in [5.74, 6) is 1.03. The lowest BCUT2D eigenvalue weighted by molar-refractivity contribution is -0.123. The summed E-state index contributed by atoms with van der Waals surface area (Å²) in [6.07, 6.45) is 2.85. The molecule has 2 saturated heterocycles. The minimum Gasteiger partial charge on any atom is -0.351 e. The molecule has 1 unspecified atom stereocenters. The molecule has 0 radical (unpaired) electrons. The normalized spacial score (nSPS) is 29.3. The Bertz CT molecular complexity index is 400. The number of hydrogen-bond acceptors (Lipinski definition) is 4. The van der Waals surface area contributed by atoms with Gasteiger partial charge in [-0.05, 0) is 38.3 Å². The average molecular weight is 274 g/mol. The molecular weight excluding hydrogens is 252 g/mol. The molecule has 6 heteroatoms. The van der Waals surface area contributed by atoms with Crippen LogP contribution >= 0.6 is 0 Å². The number of carbonyl (C=O) groups is 1. The fraction of sp³-hybridized carbons (Fsp3) is 0.917. The molecule has 0 bridgehead atoms. The molecule has 2 aliphatic rings. The Balaban J connectivity index is 1.73. The van der Waals surface area contributed by atoms with Gasteiger partial charge >= 0.3 is 0 Å². The monoisotopic (exact) mass is 274 g/mol. The molecule has 18 heavy (non-hydrogen) atoms. The Hall–Kier alpha value is -0.620. The summed E-state index contributed by atoms with van der Waals surface area (Å²) in [5.41, 5.74) is 0. The lowest BCUT2D eigenvalue weighted by Crippen LogP contribution is -2.44. The van der Waals surface area contributed by atoms with Gasteiger partial charge in [-0.3, -0.25) is 9.69 Å². The van der Waals surface area contributed by atoms with Crippen molar-refractivity contribution in [2.45, 2.75) is 32.2 Å². The zero-order valence-corrected chi connectivity index (χ0v) is 11.7. The standard InChI is InChI=1S/C12H22N2O3S/c1-10-2-5-14(6-3-10)8-12(15)13-11-4-7-18(16,17)9-11/h10-11H,2-9H2,1H3,(H,13,15). The summed E-state index contributed by atoms with van der Waals surface area (Å²) in [7, 11) is -2.91. The third-order valence-corrected chi connectivity index (χ3v) is 5.61. The maximum absolute atomic E-state index is 11.8. The maximum Gasteiger partial charge on any atom is 0.234 e. The number of rotatable bonds is 3. The Labute approximate surface area is 109 Å². The molecule has 2 rings (SSSR count). The second-order valence-electron chi connectivity index (χ2n) is 5.63. The van der Waals surface area contributed by atoms with Crippen molar-refractivity contribution in [1.29, 1.82) is 0 Å². The van der Waals surface area contributed by atoms with Crippen molar-refractivity contribution in [3.05, 3.63) is 0 Å². The van der Waals surface area contributed by atoms with Gasteiger partial charge in [-0.1, -0.05) is 6.92 Å². The van der Waals surface area contributed by atoms with E-state index in [1.807, 2.05) is 0 Å². The Morgan fingerprint density at radius 3 is 2.50 bits per heavy atom. The van der Waals surface area contributed by atoms with Crippen LogP contribution in [-0.2, 0) is 14.6 Å². The molecule has 0 aromatic rings. The van der Waals surface area contributed by atoms with E-state index in [2.05, 4.69) is 17.1 Å². The lowest BCUT2D eigenvalue weighted by Gasteiger charge is -2.29. The van der Waals surface area contributed by atoms with Crippen molar-refractivity contribution in [1.82, 2.24) is 10.2 Å². The van der Waals surface area contributed by atoms with Gasteiger partial charge in [0.05, 0.1) is 18.1 Å². The summed E-state index contributed by atoms with van der Waals surface area (Å²) < 4.78 is 22.6. The molecule has 5 nitrogen and oxygen atoms in total. The quantitative estimate of drug-likeness (QED) is 0.788. The van der Waals surface area contributed by atoms with Gasteiger partial charge in [0.25, 0.3) is 0 Å². The Morgan fingerprint density at radius 1 is 1.28 bits per heavy atom. The largest absolute Gasteiger partial charge is 0.351 e. The number of piperidine rings is 1. The van der Waals surface area contributed by atoms with E-state index in [-0.39, 0.29) is 23.5 Å². The number of sulfone groups is 1. The third kappa shape index (κ3) is 3.95. The van der Waals surface area contributed by atoms with Crippen molar-refractivity contribution in [2.24, 2.45) is 5.92 Å². The van der Waals surface area contributed by atoms with Gasteiger partial charge in [-0.25, -0.2) is 8.42 Å². The average Bonchev–Trinajstić information content (AvgIpc) is 2.61. The highest BCUT2D eigenvalue weighted by atomic mass is 32.2. The molecule has 104 valence electrons. The molecule has 0 spiro atoms. The van der Waals surface area contributed by atoms with Crippen LogP contribution in [0.5, 0.6) is 0 Å². The van der Waals surface area contributed by atoms with E-state index in [0.717, 1.165) is 31.8 Å². The second kappa shape index (κ2) is 5.57. The van der Waals surface area contributed by atoms with Crippen LogP contribution in [-0.4, -0.2) is 56.4 Å². The van der Waals surface area contributed by atoms with E-state index in [1.54, 1.807) is 0 Å². The smallest absolute Gasteiger partial charge is 0.234 e. The molecular formula is C12H22N2O3S. The Morgan fingerprint density at radius 2 is 1.94 bits per heavy atom. The van der Waals surface area contributed by atoms with Crippen LogP contribution in [0.1, 0.15) is 26.2 Å². The Kier molecular flexibility index (Phi) is 4.27. The molecule has 1 atom stereocenters. The summed E-state index contributed by atoms with van der Waals surface area (Å²) in [5, 5.41) is 2.83. The minimum absolute atomic E-state index is 0.0355. The van der Waals surface area contributed by atoms with E-state index in [0.29, 0.717) is 13.0 Å². The van der Waals surface area contributed by atoms with Crippen molar-refractivity contribution in [2.75, 3.05) is 31.1 Å². The van der Waals surface area contributed by atoms with Crippen molar-refractivity contribution < 1.29 is 13.2 Å². The maximum atomic E-state index is 11.8. The van der Waals surface area contributed by atoms with Gasteiger partial charge in [0, 0.05) is 6.04 Å². The van der Waals surface area contributed by atoms with Crippen LogP contribution in [0, 0.1) is 5.92 Å². The fourth-order valence-corrected chi connectivity index (χ4v) is 4.28. The molecule has 2 aliphatic heterocycles. The predicted molar refractivity (Wildman–Crippen MR) is 70.0 cm³/mol. The summed E-state index contributed by atoms with van der Waals surface area (Å²) in [4.78, 5) is 14.0. The van der Waals surface area contributed by atoms with E-state index in [4.69, 9.17) is 0 Å². The number of amides is 1. The molecule has 1 amide bonds. The first kappa shape index (κ1) is 13.8. The molecule has 0 aromatic heterocycles. The van der Waals surface area contributed by atoms with Gasteiger partial charge in [-0.2, -0.15) is 0 Å². The lowest BCUT2D eigenvalue weighted by atomic mass is 9.99. The summed E-state index contributed by atoms with van der Waals surface area (Å²) in [6.45, 7) is 4.58. The molecule has 2 heterocycles. The zero-order chi connectivity index (χ0) is 13.2. The van der Waals surface area contributed by atoms with Crippen LogP contribution in [0.4, 0.5) is 0 Å². The first-order valence-corrected chi connectivity index (χ1v) is 8.49. The fourth-order valence-electron chi connectivity index (χ4n) is 2.61. The van der Waals surface area contributed by atoms with Crippen molar-refractivity contribution in [3.63, 3.8) is 0 Å². The van der Waals surface area contributed by atoms with Gasteiger partial charge in [0.2, 0.25) is 5.91 Å². The first-order chi connectivity index (χ1) is 8.44. The van der Waals surface area contributed by atoms with Crippen LogP contribution in [0.2, 0.25) is 0 Å². The third-order valence-electron chi connectivity index (χ3n) is 3.84. The number of carbonyl (C=O) groups excluding carboxylic acids is 1. The van der Waals surface area contributed by atoms with Crippen LogP contribution < -0.4 is 5.32 Å². The number of likely N-dealkylation sites (tertiary alicyclic amines) is 1. The van der Waals surface area contributed by atoms with Crippen LogP contribution in [0.25, 0.3) is 0 Å².